The van der Waals surface area contributed by atoms with E-state index in [1.807, 2.05) is 15.9 Å². The van der Waals surface area contributed by atoms with Gasteiger partial charge in [-0.1, -0.05) is 13.8 Å². The third kappa shape index (κ3) is 4.27. The predicted octanol–water partition coefficient (Wildman–Crippen LogP) is 3.57. The Labute approximate surface area is 232 Å². The van der Waals surface area contributed by atoms with E-state index in [2.05, 4.69) is 19.2 Å². The van der Waals surface area contributed by atoms with E-state index >= 15 is 0 Å². The first-order valence-corrected chi connectivity index (χ1v) is 15.4. The Morgan fingerprint density at radius 2 is 1.87 bits per heavy atom. The number of rotatable bonds is 4. The van der Waals surface area contributed by atoms with Gasteiger partial charge in [0.05, 0.1) is 18.5 Å². The highest BCUT2D eigenvalue weighted by molar-refractivity contribution is 5.75. The number of urea groups is 1. The molecule has 8 heteroatoms. The van der Waals surface area contributed by atoms with Crippen molar-refractivity contribution in [2.45, 2.75) is 89.2 Å². The van der Waals surface area contributed by atoms with Crippen LogP contribution in [0, 0.1) is 28.6 Å². The molecule has 1 aromatic rings. The van der Waals surface area contributed by atoms with E-state index in [1.54, 1.807) is 6.26 Å². The lowest BCUT2D eigenvalue weighted by Crippen LogP contribution is -2.63. The summed E-state index contributed by atoms with van der Waals surface area (Å²) in [4.78, 5) is 29.0. The zero-order valence-electron chi connectivity index (χ0n) is 23.7. The first-order valence-electron chi connectivity index (χ1n) is 15.4. The second-order valence-electron chi connectivity index (χ2n) is 13.7. The number of hydrogen-bond acceptors (Lipinski definition) is 6. The molecule has 1 saturated heterocycles. The highest BCUT2D eigenvalue weighted by Gasteiger charge is 2.67. The number of amides is 2. The zero-order chi connectivity index (χ0) is 27.4. The molecule has 0 bridgehead atoms. The Bertz CT molecular complexity index is 1100. The van der Waals surface area contributed by atoms with Crippen molar-refractivity contribution in [1.82, 2.24) is 15.1 Å². The number of nitrogens with one attached hydrogen (secondary N) is 1. The molecule has 8 atom stereocenters. The van der Waals surface area contributed by atoms with E-state index in [0.717, 1.165) is 89.5 Å². The third-order valence-electron chi connectivity index (χ3n) is 12.4. The maximum atomic E-state index is 13.5. The summed E-state index contributed by atoms with van der Waals surface area (Å²) in [6.07, 6.45) is 10.6. The van der Waals surface area contributed by atoms with Gasteiger partial charge in [-0.25, -0.2) is 9.59 Å². The van der Waals surface area contributed by atoms with Crippen LogP contribution in [0.1, 0.15) is 83.1 Å². The van der Waals surface area contributed by atoms with Gasteiger partial charge in [0.2, 0.25) is 0 Å². The molecule has 2 amide bonds. The summed E-state index contributed by atoms with van der Waals surface area (Å²) < 4.78 is 5.24. The maximum Gasteiger partial charge on any atom is 0.335 e. The average molecular weight is 542 g/mol. The molecule has 5 fully saturated rings. The van der Waals surface area contributed by atoms with Crippen LogP contribution in [0.25, 0.3) is 0 Å². The molecule has 4 aliphatic carbocycles. The third-order valence-corrected chi connectivity index (χ3v) is 12.4. The normalized spacial score (nSPS) is 41.8. The van der Waals surface area contributed by atoms with Crippen LogP contribution in [0.5, 0.6) is 0 Å². The topological polar surface area (TPSA) is 106 Å². The van der Waals surface area contributed by atoms with E-state index in [-0.39, 0.29) is 47.0 Å². The first-order chi connectivity index (χ1) is 18.7. The largest absolute Gasteiger partial charge is 0.431 e. The van der Waals surface area contributed by atoms with Crippen LogP contribution in [-0.2, 0) is 0 Å². The first kappa shape index (κ1) is 27.3. The van der Waals surface area contributed by atoms with Crippen molar-refractivity contribution in [3.63, 3.8) is 0 Å². The molecule has 0 radical (unpaired) electrons. The number of carbonyl (C=O) groups is 1. The van der Waals surface area contributed by atoms with Crippen LogP contribution in [0.3, 0.4) is 0 Å². The van der Waals surface area contributed by atoms with Gasteiger partial charge in [0.25, 0.3) is 0 Å². The van der Waals surface area contributed by atoms with Crippen molar-refractivity contribution in [1.29, 1.82) is 0 Å². The number of carbonyl (C=O) groups excluding carboxylic acids is 1. The van der Waals surface area contributed by atoms with Crippen LogP contribution >= 0.6 is 0 Å². The van der Waals surface area contributed by atoms with Gasteiger partial charge in [-0.15, -0.1) is 0 Å². The van der Waals surface area contributed by atoms with Gasteiger partial charge in [0.15, 0.2) is 0 Å². The Morgan fingerprint density at radius 3 is 2.59 bits per heavy atom. The van der Waals surface area contributed by atoms with Crippen LogP contribution in [-0.4, -0.2) is 77.0 Å². The lowest BCUT2D eigenvalue weighted by atomic mass is 9.43. The van der Waals surface area contributed by atoms with Gasteiger partial charge >= 0.3 is 11.7 Å². The van der Waals surface area contributed by atoms with Crippen molar-refractivity contribution >= 4 is 6.03 Å². The number of aliphatic hydroxyl groups excluding tert-OH is 1. The molecule has 2 heterocycles. The van der Waals surface area contributed by atoms with E-state index in [0.29, 0.717) is 18.4 Å². The Hall–Kier alpha value is -1.90. The van der Waals surface area contributed by atoms with Crippen LogP contribution < -0.4 is 10.9 Å². The van der Waals surface area contributed by atoms with Crippen molar-refractivity contribution in [3.05, 3.63) is 34.4 Å². The number of hydrogen-bond donors (Lipinski definition) is 3. The molecule has 1 aliphatic heterocycles. The second kappa shape index (κ2) is 10.2. The summed E-state index contributed by atoms with van der Waals surface area (Å²) in [7, 11) is 0. The summed E-state index contributed by atoms with van der Waals surface area (Å²) in [6.45, 7) is 8.27. The van der Waals surface area contributed by atoms with Crippen molar-refractivity contribution < 1.29 is 19.4 Å². The minimum absolute atomic E-state index is 0.00142. The van der Waals surface area contributed by atoms with Gasteiger partial charge in [0.1, 0.15) is 0 Å². The van der Waals surface area contributed by atoms with Crippen molar-refractivity contribution in [2.24, 2.45) is 28.6 Å². The SMILES string of the molecule is C[C@]12CC[C@H](N(CCO)C(=O)N3CCNCC3)C[C@H]1CC[C@@H]1[C@@H]2CC[C@]2(C)[C@@H](c3ccc(=O)oc3)CC[C@]12O. The molecule has 216 valence electrons. The van der Waals surface area contributed by atoms with Crippen LogP contribution in [0.4, 0.5) is 4.79 Å². The van der Waals surface area contributed by atoms with E-state index in [9.17, 15) is 19.8 Å². The summed E-state index contributed by atoms with van der Waals surface area (Å²) in [5, 5.41) is 25.7. The summed E-state index contributed by atoms with van der Waals surface area (Å²) in [5.41, 5.74) is -0.0398. The van der Waals surface area contributed by atoms with Crippen LogP contribution in [0.15, 0.2) is 27.6 Å². The summed E-state index contributed by atoms with van der Waals surface area (Å²) in [5.74, 6) is 1.50. The molecular weight excluding hydrogens is 494 g/mol. The zero-order valence-corrected chi connectivity index (χ0v) is 23.7. The predicted molar refractivity (Wildman–Crippen MR) is 148 cm³/mol. The van der Waals surface area contributed by atoms with Gasteiger partial charge in [-0.2, -0.15) is 0 Å². The van der Waals surface area contributed by atoms with Crippen molar-refractivity contribution in [2.75, 3.05) is 39.3 Å². The van der Waals surface area contributed by atoms with Gasteiger partial charge in [-0.05, 0) is 98.5 Å². The number of fused-ring (bicyclic) bond motifs is 5. The van der Waals surface area contributed by atoms with Gasteiger partial charge < -0.3 is 29.7 Å². The van der Waals surface area contributed by atoms with E-state index in [4.69, 9.17) is 4.42 Å². The van der Waals surface area contributed by atoms with Crippen molar-refractivity contribution in [3.8, 4) is 0 Å². The molecule has 1 aromatic heterocycles. The quantitative estimate of drug-likeness (QED) is 0.538. The highest BCUT2D eigenvalue weighted by atomic mass is 16.4. The summed E-state index contributed by atoms with van der Waals surface area (Å²) in [6, 6.07) is 3.68. The molecular formula is C31H47N3O5. The molecule has 4 saturated carbocycles. The number of piperazine rings is 1. The minimum atomic E-state index is -0.706. The molecule has 6 rings (SSSR count). The van der Waals surface area contributed by atoms with E-state index in [1.165, 1.54) is 6.07 Å². The maximum absolute atomic E-state index is 13.5. The fourth-order valence-corrected chi connectivity index (χ4v) is 10.2. The molecule has 39 heavy (non-hydrogen) atoms. The molecule has 0 spiro atoms. The molecule has 0 aromatic carbocycles. The Balaban J connectivity index is 1.20. The lowest BCUT2D eigenvalue weighted by Gasteiger charge is -2.64. The molecule has 8 nitrogen and oxygen atoms in total. The highest BCUT2D eigenvalue weighted by Crippen LogP contribution is 2.70. The van der Waals surface area contributed by atoms with Crippen LogP contribution in [0.2, 0.25) is 0 Å². The lowest BCUT2D eigenvalue weighted by molar-refractivity contribution is -0.203. The Morgan fingerprint density at radius 1 is 1.08 bits per heavy atom. The molecule has 0 unspecified atom stereocenters. The monoisotopic (exact) mass is 541 g/mol. The second-order valence-corrected chi connectivity index (χ2v) is 13.7. The van der Waals surface area contributed by atoms with Gasteiger partial charge in [0, 0.05) is 50.2 Å². The smallest absolute Gasteiger partial charge is 0.335 e. The fraction of sp³-hybridized carbons (Fsp3) is 0.806. The number of aliphatic hydroxyl groups is 2. The summed E-state index contributed by atoms with van der Waals surface area (Å²) >= 11 is 0. The molecule has 3 N–H and O–H groups in total. The Kier molecular flexibility index (Phi) is 7.12. The standard InChI is InChI=1S/C31H47N3O5/c1-29-10-7-23(34(17-18-35)28(37)33-15-13-32-14-16-33)19-22(29)4-5-26-25(29)8-11-30(2)24(9-12-31(26,30)38)21-3-6-27(36)39-20-21/h3,6,20,22-26,32,35,38H,4-5,7-19H2,1-2H3/t22-,23+,24-,25+,26-,29+,30-,31+/m1/s1. The average Bonchev–Trinajstić information content (AvgIpc) is 3.23. The van der Waals surface area contributed by atoms with Gasteiger partial charge in [-0.3, -0.25) is 0 Å². The minimum Gasteiger partial charge on any atom is -0.431 e. The molecule has 5 aliphatic rings. The fourth-order valence-electron chi connectivity index (χ4n) is 10.2. The van der Waals surface area contributed by atoms with E-state index < -0.39 is 5.60 Å². The number of nitrogens with zero attached hydrogens (tertiary/aromatic N) is 2.